The van der Waals surface area contributed by atoms with Gasteiger partial charge >= 0.3 is 0 Å². The first-order valence-electron chi connectivity index (χ1n) is 9.90. The summed E-state index contributed by atoms with van der Waals surface area (Å²) >= 11 is 3.33. The van der Waals surface area contributed by atoms with Crippen molar-refractivity contribution in [2.75, 3.05) is 20.8 Å². The molecule has 166 valence electrons. The number of carbonyl (C=O) groups is 2. The van der Waals surface area contributed by atoms with Crippen molar-refractivity contribution in [3.8, 4) is 11.5 Å². The molecule has 0 aliphatic carbocycles. The maximum atomic E-state index is 13.2. The minimum Gasteiger partial charge on any atom is -0.493 e. The van der Waals surface area contributed by atoms with Crippen LogP contribution in [0.15, 0.2) is 76.1 Å². The van der Waals surface area contributed by atoms with E-state index in [1.807, 2.05) is 12.1 Å². The van der Waals surface area contributed by atoms with E-state index in [-0.39, 0.29) is 6.54 Å². The number of rotatable bonds is 9. The summed E-state index contributed by atoms with van der Waals surface area (Å²) in [6.07, 6.45) is 1.95. The van der Waals surface area contributed by atoms with Crippen molar-refractivity contribution >= 4 is 27.6 Å². The van der Waals surface area contributed by atoms with Gasteiger partial charge in [0.25, 0.3) is 11.5 Å². The van der Waals surface area contributed by atoms with E-state index in [0.29, 0.717) is 23.5 Å². The molecule has 1 unspecified atom stereocenters. The van der Waals surface area contributed by atoms with Crippen molar-refractivity contribution in [1.29, 1.82) is 0 Å². The predicted octanol–water partition coefficient (Wildman–Crippen LogP) is 3.41. The van der Waals surface area contributed by atoms with Crippen molar-refractivity contribution in [3.63, 3.8) is 0 Å². The molecule has 1 aromatic heterocycles. The van der Waals surface area contributed by atoms with Crippen LogP contribution in [-0.4, -0.2) is 37.0 Å². The highest BCUT2D eigenvalue weighted by Crippen LogP contribution is 2.27. The summed E-state index contributed by atoms with van der Waals surface area (Å²) in [6, 6.07) is 15.3. The molecule has 0 aliphatic rings. The van der Waals surface area contributed by atoms with Crippen molar-refractivity contribution in [1.82, 2.24) is 9.88 Å². The maximum Gasteiger partial charge on any atom is 0.251 e. The van der Waals surface area contributed by atoms with Crippen molar-refractivity contribution in [3.05, 3.63) is 92.8 Å². The van der Waals surface area contributed by atoms with Gasteiger partial charge in [0.15, 0.2) is 23.3 Å². The Labute approximate surface area is 194 Å². The number of hydrogen-bond acceptors (Lipinski definition) is 5. The first-order valence-corrected chi connectivity index (χ1v) is 10.7. The highest BCUT2D eigenvalue weighted by molar-refractivity contribution is 9.10. The summed E-state index contributed by atoms with van der Waals surface area (Å²) in [5.41, 5.74) is 0.831. The van der Waals surface area contributed by atoms with Gasteiger partial charge in [-0.25, -0.2) is 0 Å². The SMILES string of the molecule is COc1ccc(CCNC(=O)C(C(=O)c2ccc(Br)cc2)n2ccccc2=O)cc1OC. The van der Waals surface area contributed by atoms with Crippen LogP contribution in [0.1, 0.15) is 22.0 Å². The van der Waals surface area contributed by atoms with Crippen LogP contribution in [0, 0.1) is 0 Å². The van der Waals surface area contributed by atoms with Gasteiger partial charge in [0.1, 0.15) is 0 Å². The molecule has 0 aliphatic heterocycles. The fourth-order valence-electron chi connectivity index (χ4n) is 3.26. The number of amides is 1. The number of methoxy groups -OCH3 is 2. The van der Waals surface area contributed by atoms with Gasteiger partial charge < -0.3 is 14.8 Å². The molecule has 1 N–H and O–H groups in total. The van der Waals surface area contributed by atoms with Crippen molar-refractivity contribution in [2.45, 2.75) is 12.5 Å². The highest BCUT2D eigenvalue weighted by atomic mass is 79.9. The standard InChI is InChI=1S/C24H23BrN2O5/c1-31-19-11-6-16(15-20(19)32-2)12-13-26-24(30)22(27-14-4-3-5-21(27)28)23(29)17-7-9-18(25)10-8-17/h3-11,14-15,22H,12-13H2,1-2H3,(H,26,30). The Kier molecular flexibility index (Phi) is 7.83. The monoisotopic (exact) mass is 498 g/mol. The molecule has 0 radical (unpaired) electrons. The molecule has 1 atom stereocenters. The number of nitrogens with zero attached hydrogens (tertiary/aromatic N) is 1. The van der Waals surface area contributed by atoms with Crippen LogP contribution in [0.3, 0.4) is 0 Å². The van der Waals surface area contributed by atoms with Gasteiger partial charge in [-0.3, -0.25) is 19.0 Å². The van der Waals surface area contributed by atoms with E-state index in [0.717, 1.165) is 14.6 Å². The summed E-state index contributed by atoms with van der Waals surface area (Å²) in [7, 11) is 3.12. The number of ketones is 1. The second-order valence-corrected chi connectivity index (χ2v) is 7.87. The van der Waals surface area contributed by atoms with E-state index in [1.54, 1.807) is 56.7 Å². The van der Waals surface area contributed by atoms with Gasteiger partial charge in [-0.05, 0) is 42.3 Å². The third-order valence-corrected chi connectivity index (χ3v) is 5.44. The average Bonchev–Trinajstić information content (AvgIpc) is 2.80. The Hall–Kier alpha value is -3.39. The summed E-state index contributed by atoms with van der Waals surface area (Å²) in [5.74, 6) is 0.195. The second-order valence-electron chi connectivity index (χ2n) is 6.95. The minimum absolute atomic E-state index is 0.278. The zero-order valence-corrected chi connectivity index (χ0v) is 19.3. The van der Waals surface area contributed by atoms with Crippen molar-refractivity contribution in [2.24, 2.45) is 0 Å². The van der Waals surface area contributed by atoms with E-state index in [2.05, 4.69) is 21.2 Å². The molecule has 3 rings (SSSR count). The van der Waals surface area contributed by atoms with E-state index in [9.17, 15) is 14.4 Å². The van der Waals surface area contributed by atoms with Gasteiger partial charge in [-0.1, -0.05) is 40.2 Å². The molecule has 0 saturated carbocycles. The largest absolute Gasteiger partial charge is 0.493 e. The first-order chi connectivity index (χ1) is 15.4. The zero-order chi connectivity index (χ0) is 23.1. The lowest BCUT2D eigenvalue weighted by Gasteiger charge is -2.18. The highest BCUT2D eigenvalue weighted by Gasteiger charge is 2.29. The van der Waals surface area contributed by atoms with Crippen molar-refractivity contribution < 1.29 is 19.1 Å². The summed E-state index contributed by atoms with van der Waals surface area (Å²) in [6.45, 7) is 0.278. The number of benzene rings is 2. The van der Waals surface area contributed by atoms with Gasteiger partial charge in [0.05, 0.1) is 14.2 Å². The van der Waals surface area contributed by atoms with Gasteiger partial charge in [-0.2, -0.15) is 0 Å². The third-order valence-electron chi connectivity index (χ3n) is 4.92. The number of carbonyl (C=O) groups excluding carboxylic acids is 2. The molecule has 0 spiro atoms. The minimum atomic E-state index is -1.31. The van der Waals surface area contributed by atoms with Crippen LogP contribution in [0.5, 0.6) is 11.5 Å². The molecular weight excluding hydrogens is 476 g/mol. The maximum absolute atomic E-state index is 13.2. The van der Waals surface area contributed by atoms with Crippen LogP contribution in [0.2, 0.25) is 0 Å². The normalized spacial score (nSPS) is 11.5. The zero-order valence-electron chi connectivity index (χ0n) is 17.7. The molecule has 8 heteroatoms. The molecule has 0 bridgehead atoms. The first kappa shape index (κ1) is 23.3. The number of aromatic nitrogens is 1. The lowest BCUT2D eigenvalue weighted by molar-refractivity contribution is -0.123. The van der Waals surface area contributed by atoms with Crippen LogP contribution < -0.4 is 20.3 Å². The Bertz CT molecular complexity index is 1160. The Morgan fingerprint density at radius 2 is 1.72 bits per heavy atom. The van der Waals surface area contributed by atoms with Gasteiger partial charge in [-0.15, -0.1) is 0 Å². The van der Waals surface area contributed by atoms with E-state index in [4.69, 9.17) is 9.47 Å². The lowest BCUT2D eigenvalue weighted by atomic mass is 10.0. The molecular formula is C24H23BrN2O5. The fourth-order valence-corrected chi connectivity index (χ4v) is 3.52. The number of ether oxygens (including phenoxy) is 2. The van der Waals surface area contributed by atoms with Gasteiger partial charge in [0.2, 0.25) is 0 Å². The molecule has 0 saturated heterocycles. The van der Waals surface area contributed by atoms with Crippen LogP contribution in [0.4, 0.5) is 0 Å². The number of nitrogens with one attached hydrogen (secondary N) is 1. The smallest absolute Gasteiger partial charge is 0.251 e. The van der Waals surface area contributed by atoms with E-state index in [1.165, 1.54) is 12.3 Å². The molecule has 32 heavy (non-hydrogen) atoms. The molecule has 0 fully saturated rings. The topological polar surface area (TPSA) is 86.6 Å². The van der Waals surface area contributed by atoms with Crippen LogP contribution >= 0.6 is 15.9 Å². The predicted molar refractivity (Wildman–Crippen MR) is 124 cm³/mol. The Morgan fingerprint density at radius 1 is 1.00 bits per heavy atom. The van der Waals surface area contributed by atoms with E-state index >= 15 is 0 Å². The Balaban J connectivity index is 1.78. The summed E-state index contributed by atoms with van der Waals surface area (Å²) in [5, 5.41) is 2.78. The molecule has 2 aromatic carbocycles. The second kappa shape index (κ2) is 10.8. The van der Waals surface area contributed by atoms with Crippen LogP contribution in [0.25, 0.3) is 0 Å². The number of hydrogen-bond donors (Lipinski definition) is 1. The fraction of sp³-hybridized carbons (Fsp3) is 0.208. The quantitative estimate of drug-likeness (QED) is 0.360. The van der Waals surface area contributed by atoms with E-state index < -0.39 is 23.3 Å². The molecule has 1 heterocycles. The molecule has 1 amide bonds. The van der Waals surface area contributed by atoms with Gasteiger partial charge in [0, 0.05) is 28.8 Å². The summed E-state index contributed by atoms with van der Waals surface area (Å²) < 4.78 is 12.5. The van der Waals surface area contributed by atoms with Crippen LogP contribution in [-0.2, 0) is 11.2 Å². The lowest BCUT2D eigenvalue weighted by Crippen LogP contribution is -2.41. The number of halogens is 1. The molecule has 7 nitrogen and oxygen atoms in total. The number of Topliss-reactive ketones (excluding diaryl/α,β-unsaturated/α-hetero) is 1. The third kappa shape index (κ3) is 5.45. The average molecular weight is 499 g/mol. The number of pyridine rings is 1. The summed E-state index contributed by atoms with van der Waals surface area (Å²) in [4.78, 5) is 38.6. The molecule has 3 aromatic rings. The Morgan fingerprint density at radius 3 is 2.38 bits per heavy atom.